The molecule has 4 nitrogen and oxygen atoms in total. The van der Waals surface area contributed by atoms with Crippen LogP contribution in [0.15, 0.2) is 47.4 Å². The fourth-order valence-corrected chi connectivity index (χ4v) is 2.41. The summed E-state index contributed by atoms with van der Waals surface area (Å²) in [6, 6.07) is 8.22. The first kappa shape index (κ1) is 12.9. The molecule has 20 heavy (non-hydrogen) atoms. The molecule has 0 aliphatic heterocycles. The van der Waals surface area contributed by atoms with Crippen molar-refractivity contribution in [1.29, 1.82) is 0 Å². The van der Waals surface area contributed by atoms with Crippen LogP contribution in [0.1, 0.15) is 24.7 Å². The number of hydrogen-bond acceptors (Lipinski definition) is 3. The molecule has 3 aromatic rings. The molecule has 1 aromatic carbocycles. The van der Waals surface area contributed by atoms with Gasteiger partial charge in [-0.15, -0.1) is 0 Å². The Balaban J connectivity index is 1.94. The largest absolute Gasteiger partial charge is 0.459 e. The molecular formula is C16H19N3O. The Morgan fingerprint density at radius 2 is 2.20 bits per heavy atom. The quantitative estimate of drug-likeness (QED) is 0.699. The van der Waals surface area contributed by atoms with Crippen LogP contribution < -0.4 is 5.32 Å². The Kier molecular flexibility index (Phi) is 3.83. The monoisotopic (exact) mass is 269 g/mol. The summed E-state index contributed by atoms with van der Waals surface area (Å²) >= 11 is 0. The minimum Gasteiger partial charge on any atom is -0.459 e. The van der Waals surface area contributed by atoms with Crippen LogP contribution in [0.3, 0.4) is 0 Å². The van der Waals surface area contributed by atoms with Crippen molar-refractivity contribution < 1.29 is 4.42 Å². The van der Waals surface area contributed by atoms with Crippen LogP contribution in [0.2, 0.25) is 0 Å². The first-order valence-corrected chi connectivity index (χ1v) is 7.04. The summed E-state index contributed by atoms with van der Waals surface area (Å²) in [7, 11) is 0. The third-order valence-corrected chi connectivity index (χ3v) is 3.40. The van der Waals surface area contributed by atoms with Crippen LogP contribution in [0.4, 0.5) is 0 Å². The number of furan rings is 1. The number of aromatic nitrogens is 2. The molecule has 0 aliphatic carbocycles. The van der Waals surface area contributed by atoms with Gasteiger partial charge < -0.3 is 14.3 Å². The van der Waals surface area contributed by atoms with E-state index in [-0.39, 0.29) is 0 Å². The number of nitrogens with one attached hydrogen (secondary N) is 1. The van der Waals surface area contributed by atoms with Gasteiger partial charge in [0.05, 0.1) is 12.9 Å². The molecule has 2 aromatic heterocycles. The minimum atomic E-state index is 0.720. The maximum absolute atomic E-state index is 6.01. The Morgan fingerprint density at radius 3 is 3.00 bits per heavy atom. The van der Waals surface area contributed by atoms with Crippen LogP contribution in [0.5, 0.6) is 0 Å². The van der Waals surface area contributed by atoms with Gasteiger partial charge in [-0.1, -0.05) is 25.1 Å². The standard InChI is InChI=1S/C16H19N3O/c1-2-7-17-10-14-13-5-3-4-6-15(13)20-16(14)11-19-9-8-18-12-19/h3-6,8-9,12,17H,2,7,10-11H2,1H3. The van der Waals surface area contributed by atoms with Gasteiger partial charge in [0, 0.05) is 29.9 Å². The van der Waals surface area contributed by atoms with Crippen molar-refractivity contribution in [3.8, 4) is 0 Å². The predicted octanol–water partition coefficient (Wildman–Crippen LogP) is 3.18. The number of fused-ring (bicyclic) bond motifs is 1. The normalized spacial score (nSPS) is 11.2. The zero-order valence-electron chi connectivity index (χ0n) is 11.7. The maximum atomic E-state index is 6.01. The van der Waals surface area contributed by atoms with Crippen LogP contribution >= 0.6 is 0 Å². The van der Waals surface area contributed by atoms with Crippen LogP contribution in [0.25, 0.3) is 11.0 Å². The summed E-state index contributed by atoms with van der Waals surface area (Å²) in [5.41, 5.74) is 2.21. The lowest BCUT2D eigenvalue weighted by molar-refractivity contribution is 0.516. The molecule has 0 bridgehead atoms. The van der Waals surface area contributed by atoms with Crippen molar-refractivity contribution in [2.75, 3.05) is 6.54 Å². The molecule has 0 saturated heterocycles. The average Bonchev–Trinajstić information content (AvgIpc) is 3.08. The highest BCUT2D eigenvalue weighted by molar-refractivity contribution is 5.82. The zero-order chi connectivity index (χ0) is 13.8. The summed E-state index contributed by atoms with van der Waals surface area (Å²) in [6.07, 6.45) is 6.69. The van der Waals surface area contributed by atoms with E-state index in [0.717, 1.165) is 37.4 Å². The Hall–Kier alpha value is -2.07. The van der Waals surface area contributed by atoms with Crippen LogP contribution in [0, 0.1) is 0 Å². The van der Waals surface area contributed by atoms with E-state index < -0.39 is 0 Å². The van der Waals surface area contributed by atoms with Gasteiger partial charge in [-0.2, -0.15) is 0 Å². The maximum Gasteiger partial charge on any atom is 0.134 e. The average molecular weight is 269 g/mol. The molecular weight excluding hydrogens is 250 g/mol. The number of rotatable bonds is 6. The number of benzene rings is 1. The van der Waals surface area contributed by atoms with Crippen molar-refractivity contribution >= 4 is 11.0 Å². The van der Waals surface area contributed by atoms with E-state index in [1.54, 1.807) is 6.20 Å². The van der Waals surface area contributed by atoms with E-state index in [0.29, 0.717) is 0 Å². The number of imidazole rings is 1. The van der Waals surface area contributed by atoms with Crippen molar-refractivity contribution in [3.63, 3.8) is 0 Å². The topological polar surface area (TPSA) is 43.0 Å². The third kappa shape index (κ3) is 2.60. The number of hydrogen-bond donors (Lipinski definition) is 1. The second-order valence-corrected chi connectivity index (χ2v) is 4.91. The molecule has 0 fully saturated rings. The van der Waals surface area contributed by atoms with E-state index in [4.69, 9.17) is 4.42 Å². The van der Waals surface area contributed by atoms with E-state index in [2.05, 4.69) is 29.4 Å². The van der Waals surface area contributed by atoms with E-state index in [1.807, 2.05) is 29.2 Å². The van der Waals surface area contributed by atoms with Gasteiger partial charge in [0.25, 0.3) is 0 Å². The molecule has 0 aliphatic rings. The lowest BCUT2D eigenvalue weighted by atomic mass is 10.1. The highest BCUT2D eigenvalue weighted by atomic mass is 16.3. The molecule has 0 atom stereocenters. The summed E-state index contributed by atoms with van der Waals surface area (Å²) in [4.78, 5) is 4.08. The SMILES string of the molecule is CCCNCc1c(Cn2ccnc2)oc2ccccc12. The van der Waals surface area contributed by atoms with Crippen molar-refractivity contribution in [2.24, 2.45) is 0 Å². The van der Waals surface area contributed by atoms with Gasteiger partial charge in [-0.25, -0.2) is 4.98 Å². The first-order valence-electron chi connectivity index (χ1n) is 7.04. The number of para-hydroxylation sites is 1. The lowest BCUT2D eigenvalue weighted by Crippen LogP contribution is -2.15. The molecule has 0 spiro atoms. The van der Waals surface area contributed by atoms with Crippen LogP contribution in [-0.2, 0) is 13.1 Å². The summed E-state index contributed by atoms with van der Waals surface area (Å²) in [5, 5.41) is 4.66. The van der Waals surface area contributed by atoms with Crippen molar-refractivity contribution in [3.05, 3.63) is 54.3 Å². The summed E-state index contributed by atoms with van der Waals surface area (Å²) in [6.45, 7) is 4.75. The summed E-state index contributed by atoms with van der Waals surface area (Å²) in [5.74, 6) is 1.01. The molecule has 0 radical (unpaired) electrons. The van der Waals surface area contributed by atoms with E-state index in [1.165, 1.54) is 10.9 Å². The minimum absolute atomic E-state index is 0.720. The molecule has 1 N–H and O–H groups in total. The van der Waals surface area contributed by atoms with Gasteiger partial charge in [-0.05, 0) is 19.0 Å². The molecule has 104 valence electrons. The van der Waals surface area contributed by atoms with Gasteiger partial charge >= 0.3 is 0 Å². The fraction of sp³-hybridized carbons (Fsp3) is 0.312. The molecule has 0 saturated carbocycles. The number of nitrogens with zero attached hydrogens (tertiary/aromatic N) is 2. The highest BCUT2D eigenvalue weighted by Gasteiger charge is 2.13. The fourth-order valence-electron chi connectivity index (χ4n) is 2.41. The zero-order valence-corrected chi connectivity index (χ0v) is 11.7. The summed E-state index contributed by atoms with van der Waals surface area (Å²) < 4.78 is 8.04. The third-order valence-electron chi connectivity index (χ3n) is 3.40. The van der Waals surface area contributed by atoms with Gasteiger partial charge in [0.15, 0.2) is 0 Å². The smallest absolute Gasteiger partial charge is 0.134 e. The van der Waals surface area contributed by atoms with Gasteiger partial charge in [-0.3, -0.25) is 0 Å². The van der Waals surface area contributed by atoms with Crippen molar-refractivity contribution in [1.82, 2.24) is 14.9 Å². The van der Waals surface area contributed by atoms with E-state index >= 15 is 0 Å². The predicted molar refractivity (Wildman–Crippen MR) is 79.5 cm³/mol. The van der Waals surface area contributed by atoms with Crippen molar-refractivity contribution in [2.45, 2.75) is 26.4 Å². The lowest BCUT2D eigenvalue weighted by Gasteiger charge is -2.05. The Bertz CT molecular complexity index is 670. The Morgan fingerprint density at radius 1 is 1.30 bits per heavy atom. The molecule has 0 amide bonds. The second kappa shape index (κ2) is 5.92. The van der Waals surface area contributed by atoms with Gasteiger partial charge in [0.1, 0.15) is 11.3 Å². The molecule has 0 unspecified atom stereocenters. The first-order chi connectivity index (χ1) is 9.88. The van der Waals surface area contributed by atoms with Gasteiger partial charge in [0.2, 0.25) is 0 Å². The van der Waals surface area contributed by atoms with Crippen LogP contribution in [-0.4, -0.2) is 16.1 Å². The molecule has 2 heterocycles. The molecule has 4 heteroatoms. The highest BCUT2D eigenvalue weighted by Crippen LogP contribution is 2.26. The Labute approximate surface area is 118 Å². The molecule has 3 rings (SSSR count). The van der Waals surface area contributed by atoms with E-state index in [9.17, 15) is 0 Å². The second-order valence-electron chi connectivity index (χ2n) is 4.91.